The van der Waals surface area contributed by atoms with Crippen molar-refractivity contribution in [3.63, 3.8) is 0 Å². The van der Waals surface area contributed by atoms with Crippen LogP contribution in [0.4, 0.5) is 0 Å². The Morgan fingerprint density at radius 1 is 1.21 bits per heavy atom. The van der Waals surface area contributed by atoms with Crippen LogP contribution in [-0.2, 0) is 0 Å². The van der Waals surface area contributed by atoms with Crippen LogP contribution in [0.2, 0.25) is 0 Å². The van der Waals surface area contributed by atoms with Gasteiger partial charge in [-0.25, -0.2) is 0 Å². The normalized spacial score (nSPS) is 23.8. The minimum Gasteiger partial charge on any atom is -0.399 e. The molecule has 0 saturated carbocycles. The molecule has 28 heavy (non-hydrogen) atoms. The predicted octanol–water partition coefficient (Wildman–Crippen LogP) is 3.54. The molecule has 2 N–H and O–H groups in total. The van der Waals surface area contributed by atoms with Crippen LogP contribution in [0.1, 0.15) is 24.8 Å². The minimum atomic E-state index is -1.55. The molecule has 5 nitrogen and oxygen atoms in total. The van der Waals surface area contributed by atoms with Crippen LogP contribution in [0.3, 0.4) is 0 Å². The Balaban J connectivity index is 2.23. The fourth-order valence-corrected chi connectivity index (χ4v) is 4.83. The van der Waals surface area contributed by atoms with Gasteiger partial charge in [0.1, 0.15) is 6.07 Å². The van der Waals surface area contributed by atoms with Gasteiger partial charge in [-0.15, -0.1) is 11.8 Å². The molecule has 0 saturated heterocycles. The molecule has 3 rings (SSSR count). The molecule has 0 amide bonds. The number of allylic oxidation sites excluding steroid dienone is 2. The molecule has 0 radical (unpaired) electrons. The number of nitriles is 3. The van der Waals surface area contributed by atoms with Gasteiger partial charge < -0.3 is 5.73 Å². The average molecular weight is 390 g/mol. The van der Waals surface area contributed by atoms with E-state index in [9.17, 15) is 15.8 Å². The Morgan fingerprint density at radius 2 is 1.89 bits per heavy atom. The molecule has 142 valence electrons. The van der Waals surface area contributed by atoms with Crippen molar-refractivity contribution in [1.29, 1.82) is 15.8 Å². The van der Waals surface area contributed by atoms with Crippen LogP contribution in [0.15, 0.2) is 52.1 Å². The summed E-state index contributed by atoms with van der Waals surface area (Å²) in [5.74, 6) is -0.539. The number of hydrogen-bond acceptors (Lipinski definition) is 6. The van der Waals surface area contributed by atoms with E-state index in [1.807, 2.05) is 30.5 Å². The molecule has 1 aromatic carbocycles. The van der Waals surface area contributed by atoms with Gasteiger partial charge in [-0.05, 0) is 42.5 Å². The smallest absolute Gasteiger partial charge is 0.191 e. The maximum absolute atomic E-state index is 10.1. The molecule has 0 fully saturated rings. The minimum absolute atomic E-state index is 0.0883. The molecule has 2 atom stereocenters. The van der Waals surface area contributed by atoms with Crippen LogP contribution in [-0.4, -0.2) is 30.8 Å². The van der Waals surface area contributed by atoms with Gasteiger partial charge in [0, 0.05) is 29.8 Å². The van der Waals surface area contributed by atoms with E-state index < -0.39 is 11.3 Å². The van der Waals surface area contributed by atoms with Crippen LogP contribution in [0.5, 0.6) is 0 Å². The van der Waals surface area contributed by atoms with E-state index in [2.05, 4.69) is 36.1 Å². The molecule has 2 aliphatic rings. The molecule has 1 aliphatic heterocycles. The van der Waals surface area contributed by atoms with E-state index in [4.69, 9.17) is 5.73 Å². The molecule has 0 spiro atoms. The maximum atomic E-state index is 10.1. The molecule has 0 aromatic heterocycles. The second kappa shape index (κ2) is 8.11. The van der Waals surface area contributed by atoms with Crippen LogP contribution >= 0.6 is 11.8 Å². The lowest BCUT2D eigenvalue weighted by Crippen LogP contribution is -2.48. The van der Waals surface area contributed by atoms with E-state index >= 15 is 0 Å². The summed E-state index contributed by atoms with van der Waals surface area (Å²) in [7, 11) is 0. The second-order valence-electron chi connectivity index (χ2n) is 7.21. The highest BCUT2D eigenvalue weighted by Gasteiger charge is 2.54. The van der Waals surface area contributed by atoms with E-state index in [1.165, 1.54) is 0 Å². The number of rotatable bonds is 4. The van der Waals surface area contributed by atoms with Crippen LogP contribution < -0.4 is 5.73 Å². The Kier molecular flexibility index (Phi) is 5.80. The largest absolute Gasteiger partial charge is 0.399 e. The maximum Gasteiger partial charge on any atom is 0.191 e. The lowest BCUT2D eigenvalue weighted by molar-refractivity contribution is 0.207. The van der Waals surface area contributed by atoms with Crippen molar-refractivity contribution in [3.05, 3.63) is 52.7 Å². The summed E-state index contributed by atoms with van der Waals surface area (Å²) < 4.78 is 0. The Labute approximate surface area is 170 Å². The second-order valence-corrected chi connectivity index (χ2v) is 8.09. The third-order valence-electron chi connectivity index (χ3n) is 5.75. The van der Waals surface area contributed by atoms with E-state index in [1.54, 1.807) is 11.8 Å². The molecule has 6 heteroatoms. The monoisotopic (exact) mass is 389 g/mol. The van der Waals surface area contributed by atoms with E-state index in [0.29, 0.717) is 12.1 Å². The summed E-state index contributed by atoms with van der Waals surface area (Å²) in [6, 6.07) is 14.6. The molecule has 1 aliphatic carbocycles. The first-order valence-electron chi connectivity index (χ1n) is 9.35. The first-order valence-corrected chi connectivity index (χ1v) is 10.6. The van der Waals surface area contributed by atoms with E-state index in [-0.39, 0.29) is 11.6 Å². The van der Waals surface area contributed by atoms with Gasteiger partial charge in [0.2, 0.25) is 0 Å². The average Bonchev–Trinajstić information content (AvgIpc) is 2.73. The van der Waals surface area contributed by atoms with Crippen molar-refractivity contribution in [1.82, 2.24) is 4.90 Å². The van der Waals surface area contributed by atoms with E-state index in [0.717, 1.165) is 35.5 Å². The van der Waals surface area contributed by atoms with Gasteiger partial charge in [0.15, 0.2) is 5.41 Å². The fraction of sp³-hybridized carbons (Fsp3) is 0.409. The molecule has 1 heterocycles. The lowest BCUT2D eigenvalue weighted by atomic mass is 9.58. The number of nitrogens with zero attached hydrogens (tertiary/aromatic N) is 4. The summed E-state index contributed by atoms with van der Waals surface area (Å²) in [4.78, 5) is 3.43. The Morgan fingerprint density at radius 3 is 2.43 bits per heavy atom. The fourth-order valence-electron chi connectivity index (χ4n) is 4.43. The van der Waals surface area contributed by atoms with Crippen molar-refractivity contribution in [2.45, 2.75) is 24.2 Å². The lowest BCUT2D eigenvalue weighted by Gasteiger charge is -2.45. The molecular weight excluding hydrogens is 366 g/mol. The zero-order valence-corrected chi connectivity index (χ0v) is 17.0. The van der Waals surface area contributed by atoms with Gasteiger partial charge in [0.05, 0.1) is 23.4 Å². The molecular formula is C22H23N5S. The van der Waals surface area contributed by atoms with Gasteiger partial charge in [-0.3, -0.25) is 4.90 Å². The first kappa shape index (κ1) is 20.0. The highest BCUT2D eigenvalue weighted by atomic mass is 32.2. The van der Waals surface area contributed by atoms with Crippen molar-refractivity contribution in [2.75, 3.05) is 25.9 Å². The standard InChI is InChI=1S/C22H23N5S/c1-3-9-27-10-8-17-18(11-23)21(26)22(13-24,14-25)20(19(17)12-27)15-4-6-16(28-2)7-5-15/h4-8,19-20H,3,9-10,12,26H2,1-2H3/t19-,20+/m1/s1. The SMILES string of the molecule is CCCN1CC=C2C(C#N)=C(N)C(C#N)(C#N)[C@@H](c3ccc(SC)cc3)[C@@H]2C1. The third kappa shape index (κ3) is 3.08. The number of hydrogen-bond donors (Lipinski definition) is 1. The van der Waals surface area contributed by atoms with Crippen LogP contribution in [0.25, 0.3) is 0 Å². The van der Waals surface area contributed by atoms with Gasteiger partial charge in [-0.2, -0.15) is 15.8 Å². The van der Waals surface area contributed by atoms with Gasteiger partial charge in [-0.1, -0.05) is 25.1 Å². The predicted molar refractivity (Wildman–Crippen MR) is 110 cm³/mol. The Bertz CT molecular complexity index is 925. The zero-order chi connectivity index (χ0) is 20.3. The van der Waals surface area contributed by atoms with Crippen molar-refractivity contribution in [2.24, 2.45) is 17.1 Å². The number of nitrogens with two attached hydrogens (primary N) is 1. The summed E-state index contributed by atoms with van der Waals surface area (Å²) in [6.07, 6.45) is 5.08. The summed E-state index contributed by atoms with van der Waals surface area (Å²) >= 11 is 1.64. The van der Waals surface area contributed by atoms with Crippen LogP contribution in [0, 0.1) is 45.3 Å². The first-order chi connectivity index (χ1) is 13.6. The topological polar surface area (TPSA) is 101 Å². The van der Waals surface area contributed by atoms with Crippen molar-refractivity contribution in [3.8, 4) is 18.2 Å². The third-order valence-corrected chi connectivity index (χ3v) is 6.50. The summed E-state index contributed by atoms with van der Waals surface area (Å²) in [5, 5.41) is 29.9. The molecule has 0 unspecified atom stereocenters. The zero-order valence-electron chi connectivity index (χ0n) is 16.1. The highest BCUT2D eigenvalue weighted by Crippen LogP contribution is 2.54. The number of benzene rings is 1. The Hall–Kier alpha value is -2.72. The molecule has 1 aromatic rings. The van der Waals surface area contributed by atoms with Gasteiger partial charge in [0.25, 0.3) is 0 Å². The summed E-state index contributed by atoms with van der Waals surface area (Å²) in [6.45, 7) is 4.53. The van der Waals surface area contributed by atoms with Crippen molar-refractivity contribution >= 4 is 11.8 Å². The van der Waals surface area contributed by atoms with Gasteiger partial charge >= 0.3 is 0 Å². The summed E-state index contributed by atoms with van der Waals surface area (Å²) in [5.41, 5.74) is 6.96. The number of thioether (sulfide) groups is 1. The quantitative estimate of drug-likeness (QED) is 0.791. The number of fused-ring (bicyclic) bond motifs is 1. The highest BCUT2D eigenvalue weighted by molar-refractivity contribution is 7.98. The molecule has 0 bridgehead atoms. The van der Waals surface area contributed by atoms with Crippen molar-refractivity contribution < 1.29 is 0 Å².